The van der Waals surface area contributed by atoms with Crippen LogP contribution in [-0.4, -0.2) is 36.0 Å². The average molecular weight is 243 g/mol. The number of unbranched alkanes of at least 4 members (excludes halogenated alkanes) is 1. The molecule has 0 fully saturated rings. The van der Waals surface area contributed by atoms with Crippen molar-refractivity contribution in [2.24, 2.45) is 16.9 Å². The SMILES string of the molecule is CCCCN(CC(N)=O)C(C(C)N)C(C)(C)C. The lowest BCUT2D eigenvalue weighted by atomic mass is 9.81. The number of hydrogen-bond donors (Lipinski definition) is 2. The van der Waals surface area contributed by atoms with E-state index >= 15 is 0 Å². The molecule has 0 saturated carbocycles. The fraction of sp³-hybridized carbons (Fsp3) is 0.923. The summed E-state index contributed by atoms with van der Waals surface area (Å²) in [6, 6.07) is 0.188. The van der Waals surface area contributed by atoms with Crippen LogP contribution in [0.25, 0.3) is 0 Å². The lowest BCUT2D eigenvalue weighted by Gasteiger charge is -2.42. The minimum absolute atomic E-state index is 0.0196. The highest BCUT2D eigenvalue weighted by atomic mass is 16.1. The topological polar surface area (TPSA) is 72.3 Å². The van der Waals surface area contributed by atoms with Gasteiger partial charge >= 0.3 is 0 Å². The predicted octanol–water partition coefficient (Wildman–Crippen LogP) is 1.34. The van der Waals surface area contributed by atoms with E-state index in [1.165, 1.54) is 0 Å². The molecule has 4 nitrogen and oxygen atoms in total. The van der Waals surface area contributed by atoms with Crippen LogP contribution >= 0.6 is 0 Å². The van der Waals surface area contributed by atoms with Gasteiger partial charge in [-0.25, -0.2) is 0 Å². The lowest BCUT2D eigenvalue weighted by Crippen LogP contribution is -2.55. The monoisotopic (exact) mass is 243 g/mol. The van der Waals surface area contributed by atoms with E-state index in [0.717, 1.165) is 19.4 Å². The van der Waals surface area contributed by atoms with Gasteiger partial charge in [0.25, 0.3) is 0 Å². The second kappa shape index (κ2) is 6.97. The smallest absolute Gasteiger partial charge is 0.231 e. The van der Waals surface area contributed by atoms with Crippen molar-refractivity contribution in [1.29, 1.82) is 0 Å². The third-order valence-corrected chi connectivity index (χ3v) is 2.94. The summed E-state index contributed by atoms with van der Waals surface area (Å²) in [5.74, 6) is -0.281. The molecular formula is C13H29N3O. The zero-order chi connectivity index (χ0) is 13.6. The number of amides is 1. The van der Waals surface area contributed by atoms with Crippen LogP contribution in [0.5, 0.6) is 0 Å². The van der Waals surface area contributed by atoms with Crippen LogP contribution in [-0.2, 0) is 4.79 Å². The van der Waals surface area contributed by atoms with Crippen LogP contribution in [0.4, 0.5) is 0 Å². The van der Waals surface area contributed by atoms with E-state index in [0.29, 0.717) is 6.54 Å². The summed E-state index contributed by atoms with van der Waals surface area (Å²) in [4.78, 5) is 13.3. The minimum Gasteiger partial charge on any atom is -0.369 e. The summed E-state index contributed by atoms with van der Waals surface area (Å²) >= 11 is 0. The Bertz CT molecular complexity index is 233. The molecular weight excluding hydrogens is 214 g/mol. The molecule has 0 bridgehead atoms. The van der Waals surface area contributed by atoms with Crippen molar-refractivity contribution in [2.45, 2.75) is 59.5 Å². The molecule has 0 saturated heterocycles. The molecule has 0 spiro atoms. The molecule has 0 radical (unpaired) electrons. The quantitative estimate of drug-likeness (QED) is 0.708. The highest BCUT2D eigenvalue weighted by molar-refractivity contribution is 5.76. The third kappa shape index (κ3) is 6.03. The number of nitrogens with zero attached hydrogens (tertiary/aromatic N) is 1. The first-order chi connectivity index (χ1) is 7.70. The number of primary amides is 1. The van der Waals surface area contributed by atoms with Gasteiger partial charge in [0.05, 0.1) is 6.54 Å². The van der Waals surface area contributed by atoms with Gasteiger partial charge in [-0.05, 0) is 25.3 Å². The Balaban J connectivity index is 4.86. The van der Waals surface area contributed by atoms with Crippen molar-refractivity contribution in [3.63, 3.8) is 0 Å². The number of carbonyl (C=O) groups excluding carboxylic acids is 1. The largest absolute Gasteiger partial charge is 0.369 e. The first-order valence-corrected chi connectivity index (χ1v) is 6.48. The van der Waals surface area contributed by atoms with E-state index in [4.69, 9.17) is 11.5 Å². The van der Waals surface area contributed by atoms with E-state index in [2.05, 4.69) is 32.6 Å². The van der Waals surface area contributed by atoms with Crippen LogP contribution in [0.3, 0.4) is 0 Å². The van der Waals surface area contributed by atoms with E-state index in [1.807, 2.05) is 6.92 Å². The molecule has 4 heteroatoms. The molecule has 17 heavy (non-hydrogen) atoms. The van der Waals surface area contributed by atoms with Gasteiger partial charge in [-0.1, -0.05) is 34.1 Å². The second-order valence-electron chi connectivity index (χ2n) is 5.96. The van der Waals surface area contributed by atoms with Crippen LogP contribution in [0.2, 0.25) is 0 Å². The van der Waals surface area contributed by atoms with Gasteiger partial charge in [0.2, 0.25) is 5.91 Å². The number of nitrogens with two attached hydrogens (primary N) is 2. The van der Waals surface area contributed by atoms with Gasteiger partial charge in [0, 0.05) is 12.1 Å². The summed E-state index contributed by atoms with van der Waals surface area (Å²) in [5.41, 5.74) is 11.4. The Morgan fingerprint density at radius 1 is 1.35 bits per heavy atom. The van der Waals surface area contributed by atoms with E-state index in [1.54, 1.807) is 0 Å². The highest BCUT2D eigenvalue weighted by Crippen LogP contribution is 2.26. The van der Waals surface area contributed by atoms with E-state index < -0.39 is 0 Å². The van der Waals surface area contributed by atoms with E-state index in [9.17, 15) is 4.79 Å². The Kier molecular flexibility index (Phi) is 6.72. The molecule has 102 valence electrons. The molecule has 0 rings (SSSR count). The summed E-state index contributed by atoms with van der Waals surface area (Å²) in [5, 5.41) is 0. The van der Waals surface area contributed by atoms with Gasteiger partial charge in [-0.15, -0.1) is 0 Å². The van der Waals surface area contributed by atoms with Gasteiger partial charge in [-0.2, -0.15) is 0 Å². The van der Waals surface area contributed by atoms with Crippen LogP contribution in [0.15, 0.2) is 0 Å². The number of hydrogen-bond acceptors (Lipinski definition) is 3. The van der Waals surface area contributed by atoms with Crippen molar-refractivity contribution in [3.05, 3.63) is 0 Å². The number of carbonyl (C=O) groups is 1. The fourth-order valence-corrected chi connectivity index (χ4v) is 2.55. The summed E-state index contributed by atoms with van der Waals surface area (Å²) in [7, 11) is 0. The summed E-state index contributed by atoms with van der Waals surface area (Å²) in [6.45, 7) is 11.8. The summed E-state index contributed by atoms with van der Waals surface area (Å²) < 4.78 is 0. The average Bonchev–Trinajstić information content (AvgIpc) is 2.10. The fourth-order valence-electron chi connectivity index (χ4n) is 2.55. The van der Waals surface area contributed by atoms with Crippen molar-refractivity contribution in [1.82, 2.24) is 4.90 Å². The van der Waals surface area contributed by atoms with Crippen molar-refractivity contribution in [3.8, 4) is 0 Å². The highest BCUT2D eigenvalue weighted by Gasteiger charge is 2.33. The normalized spacial score (nSPS) is 15.9. The zero-order valence-corrected chi connectivity index (χ0v) is 12.0. The molecule has 0 aliphatic rings. The Hall–Kier alpha value is -0.610. The van der Waals surface area contributed by atoms with Crippen molar-refractivity contribution < 1.29 is 4.79 Å². The molecule has 0 aliphatic carbocycles. The van der Waals surface area contributed by atoms with Gasteiger partial charge < -0.3 is 11.5 Å². The van der Waals surface area contributed by atoms with Gasteiger partial charge in [0.1, 0.15) is 0 Å². The first-order valence-electron chi connectivity index (χ1n) is 6.48. The third-order valence-electron chi connectivity index (χ3n) is 2.94. The zero-order valence-electron chi connectivity index (χ0n) is 12.0. The van der Waals surface area contributed by atoms with Gasteiger partial charge in [-0.3, -0.25) is 9.69 Å². The minimum atomic E-state index is -0.281. The Morgan fingerprint density at radius 2 is 1.88 bits per heavy atom. The second-order valence-corrected chi connectivity index (χ2v) is 5.96. The molecule has 0 heterocycles. The molecule has 4 N–H and O–H groups in total. The van der Waals surface area contributed by atoms with Crippen LogP contribution in [0.1, 0.15) is 47.5 Å². The van der Waals surface area contributed by atoms with E-state index in [-0.39, 0.29) is 23.4 Å². The van der Waals surface area contributed by atoms with Crippen molar-refractivity contribution >= 4 is 5.91 Å². The maximum absolute atomic E-state index is 11.2. The molecule has 0 aromatic carbocycles. The molecule has 0 aromatic rings. The number of rotatable bonds is 7. The Morgan fingerprint density at radius 3 is 2.18 bits per heavy atom. The summed E-state index contributed by atoms with van der Waals surface area (Å²) in [6.07, 6.45) is 2.16. The lowest BCUT2D eigenvalue weighted by molar-refractivity contribution is -0.120. The maximum atomic E-state index is 11.2. The molecule has 2 unspecified atom stereocenters. The molecule has 0 aromatic heterocycles. The predicted molar refractivity (Wildman–Crippen MR) is 72.6 cm³/mol. The van der Waals surface area contributed by atoms with Crippen molar-refractivity contribution in [2.75, 3.05) is 13.1 Å². The Labute approximate surface area is 106 Å². The molecule has 1 amide bonds. The maximum Gasteiger partial charge on any atom is 0.231 e. The standard InChI is InChI=1S/C13H29N3O/c1-6-7-8-16(9-11(15)17)12(10(2)14)13(3,4)5/h10,12H,6-9,14H2,1-5H3,(H2,15,17). The first kappa shape index (κ1) is 16.4. The van der Waals surface area contributed by atoms with Crippen LogP contribution < -0.4 is 11.5 Å². The van der Waals surface area contributed by atoms with Gasteiger partial charge in [0.15, 0.2) is 0 Å². The molecule has 2 atom stereocenters. The molecule has 0 aliphatic heterocycles. The van der Waals surface area contributed by atoms with Crippen LogP contribution in [0, 0.1) is 5.41 Å².